The van der Waals surface area contributed by atoms with Crippen molar-refractivity contribution in [3.63, 3.8) is 0 Å². The molecule has 0 saturated carbocycles. The molecule has 0 aliphatic rings. The summed E-state index contributed by atoms with van der Waals surface area (Å²) in [4.78, 5) is 0. The third-order valence-corrected chi connectivity index (χ3v) is 3.32. The first kappa shape index (κ1) is 14.1. The van der Waals surface area contributed by atoms with Crippen molar-refractivity contribution in [2.75, 3.05) is 0 Å². The minimum Gasteiger partial charge on any atom is -0.0988 e. The molecule has 0 heteroatoms. The van der Waals surface area contributed by atoms with Gasteiger partial charge >= 0.3 is 0 Å². The SMILES string of the molecule is C=C/C(=C\C=C/C)C(c1ccccc1)c1ccccc1. The summed E-state index contributed by atoms with van der Waals surface area (Å²) < 4.78 is 0. The highest BCUT2D eigenvalue weighted by Gasteiger charge is 2.16. The maximum Gasteiger partial charge on any atom is 0.0339 e. The molecule has 100 valence electrons. The standard InChI is InChI=1S/C20H20/c1-3-5-12-17(4-2)20(18-13-8-6-9-14-18)19-15-10-7-11-16-19/h3-16,20H,2H2,1H3/b5-3-,17-12+. The molecule has 0 aromatic heterocycles. The van der Waals surface area contributed by atoms with Gasteiger partial charge in [0.1, 0.15) is 0 Å². The van der Waals surface area contributed by atoms with Gasteiger partial charge in [-0.2, -0.15) is 0 Å². The third-order valence-electron chi connectivity index (χ3n) is 3.32. The summed E-state index contributed by atoms with van der Waals surface area (Å²) in [6.45, 7) is 6.01. The van der Waals surface area contributed by atoms with Gasteiger partial charge in [-0.1, -0.05) is 91.5 Å². The molecule has 2 aromatic rings. The molecule has 0 amide bonds. The fourth-order valence-electron chi connectivity index (χ4n) is 2.36. The van der Waals surface area contributed by atoms with E-state index in [0.717, 1.165) is 0 Å². The number of hydrogen-bond acceptors (Lipinski definition) is 0. The molecular weight excluding hydrogens is 240 g/mol. The Morgan fingerprint density at radius 2 is 1.40 bits per heavy atom. The Balaban J connectivity index is 2.52. The second-order valence-corrected chi connectivity index (χ2v) is 4.65. The average Bonchev–Trinajstić information content (AvgIpc) is 2.53. The van der Waals surface area contributed by atoms with Crippen molar-refractivity contribution < 1.29 is 0 Å². The van der Waals surface area contributed by atoms with Crippen LogP contribution < -0.4 is 0 Å². The Labute approximate surface area is 121 Å². The normalized spacial score (nSPS) is 12.0. The van der Waals surface area contributed by atoms with Gasteiger partial charge in [-0.15, -0.1) is 0 Å². The van der Waals surface area contributed by atoms with E-state index in [1.54, 1.807) is 0 Å². The lowest BCUT2D eigenvalue weighted by atomic mass is 9.84. The summed E-state index contributed by atoms with van der Waals surface area (Å²) in [5.74, 6) is 0.228. The Morgan fingerprint density at radius 3 is 1.80 bits per heavy atom. The van der Waals surface area contributed by atoms with Crippen molar-refractivity contribution in [2.24, 2.45) is 0 Å². The molecule has 0 aliphatic heterocycles. The summed E-state index contributed by atoms with van der Waals surface area (Å²) in [6.07, 6.45) is 8.19. The van der Waals surface area contributed by atoms with E-state index in [9.17, 15) is 0 Å². The van der Waals surface area contributed by atoms with E-state index >= 15 is 0 Å². The minimum absolute atomic E-state index is 0.228. The Morgan fingerprint density at radius 1 is 0.900 bits per heavy atom. The number of rotatable bonds is 5. The van der Waals surface area contributed by atoms with E-state index < -0.39 is 0 Å². The molecule has 0 nitrogen and oxygen atoms in total. The lowest BCUT2D eigenvalue weighted by molar-refractivity contribution is 0.978. The van der Waals surface area contributed by atoms with Crippen LogP contribution in [0.1, 0.15) is 24.0 Å². The first-order valence-corrected chi connectivity index (χ1v) is 6.92. The fourth-order valence-corrected chi connectivity index (χ4v) is 2.36. The summed E-state index contributed by atoms with van der Waals surface area (Å²) in [6, 6.07) is 21.1. The summed E-state index contributed by atoms with van der Waals surface area (Å²) in [5.41, 5.74) is 3.78. The molecule has 0 saturated heterocycles. The Kier molecular flexibility index (Phi) is 5.14. The fraction of sp³-hybridized carbons (Fsp3) is 0.100. The Bertz CT molecular complexity index is 549. The zero-order valence-electron chi connectivity index (χ0n) is 11.9. The van der Waals surface area contributed by atoms with Crippen LogP contribution in [0.15, 0.2) is 97.1 Å². The van der Waals surface area contributed by atoms with Crippen LogP contribution in [-0.2, 0) is 0 Å². The second kappa shape index (κ2) is 7.30. The van der Waals surface area contributed by atoms with Crippen molar-refractivity contribution in [3.8, 4) is 0 Å². The Hall–Kier alpha value is -2.34. The quantitative estimate of drug-likeness (QED) is 0.622. The molecule has 0 bridgehead atoms. The van der Waals surface area contributed by atoms with Crippen molar-refractivity contribution in [1.29, 1.82) is 0 Å². The molecule has 0 spiro atoms. The van der Waals surface area contributed by atoms with Crippen LogP contribution in [0.25, 0.3) is 0 Å². The molecule has 0 fully saturated rings. The van der Waals surface area contributed by atoms with E-state index in [1.807, 2.05) is 19.1 Å². The highest BCUT2D eigenvalue weighted by Crippen LogP contribution is 2.32. The lowest BCUT2D eigenvalue weighted by Gasteiger charge is -2.19. The van der Waals surface area contributed by atoms with Crippen LogP contribution in [0.3, 0.4) is 0 Å². The summed E-state index contributed by atoms with van der Waals surface area (Å²) in [7, 11) is 0. The van der Waals surface area contributed by atoms with E-state index in [1.165, 1.54) is 16.7 Å². The predicted octanol–water partition coefficient (Wildman–Crippen LogP) is 5.51. The van der Waals surface area contributed by atoms with Crippen LogP contribution in [0.2, 0.25) is 0 Å². The lowest BCUT2D eigenvalue weighted by Crippen LogP contribution is -2.03. The molecule has 2 aromatic carbocycles. The summed E-state index contributed by atoms with van der Waals surface area (Å²) >= 11 is 0. The molecule has 0 atom stereocenters. The molecule has 20 heavy (non-hydrogen) atoms. The smallest absolute Gasteiger partial charge is 0.0339 e. The van der Waals surface area contributed by atoms with Gasteiger partial charge in [0.15, 0.2) is 0 Å². The van der Waals surface area contributed by atoms with Crippen molar-refractivity contribution in [3.05, 3.63) is 108 Å². The van der Waals surface area contributed by atoms with Crippen LogP contribution in [0.4, 0.5) is 0 Å². The van der Waals surface area contributed by atoms with Gasteiger partial charge < -0.3 is 0 Å². The zero-order valence-corrected chi connectivity index (χ0v) is 11.9. The van der Waals surface area contributed by atoms with E-state index in [-0.39, 0.29) is 5.92 Å². The minimum atomic E-state index is 0.228. The van der Waals surface area contributed by atoms with Gasteiger partial charge in [0.25, 0.3) is 0 Å². The largest absolute Gasteiger partial charge is 0.0988 e. The number of allylic oxidation sites excluding steroid dienone is 5. The van der Waals surface area contributed by atoms with E-state index in [0.29, 0.717) is 0 Å². The van der Waals surface area contributed by atoms with Gasteiger partial charge in [0.2, 0.25) is 0 Å². The highest BCUT2D eigenvalue weighted by atomic mass is 14.2. The number of benzene rings is 2. The van der Waals surface area contributed by atoms with Crippen molar-refractivity contribution >= 4 is 0 Å². The molecule has 0 unspecified atom stereocenters. The van der Waals surface area contributed by atoms with Crippen molar-refractivity contribution in [1.82, 2.24) is 0 Å². The average molecular weight is 260 g/mol. The van der Waals surface area contributed by atoms with Crippen LogP contribution in [0, 0.1) is 0 Å². The molecule has 0 heterocycles. The topological polar surface area (TPSA) is 0 Å². The molecular formula is C20H20. The second-order valence-electron chi connectivity index (χ2n) is 4.65. The van der Waals surface area contributed by atoms with Crippen molar-refractivity contribution in [2.45, 2.75) is 12.8 Å². The van der Waals surface area contributed by atoms with E-state index in [4.69, 9.17) is 0 Å². The number of hydrogen-bond donors (Lipinski definition) is 0. The van der Waals surface area contributed by atoms with Crippen LogP contribution in [0.5, 0.6) is 0 Å². The van der Waals surface area contributed by atoms with Crippen LogP contribution >= 0.6 is 0 Å². The molecule has 2 rings (SSSR count). The third kappa shape index (κ3) is 3.36. The molecule has 0 radical (unpaired) electrons. The monoisotopic (exact) mass is 260 g/mol. The molecule has 0 aliphatic carbocycles. The van der Waals surface area contributed by atoms with Gasteiger partial charge in [-0.25, -0.2) is 0 Å². The van der Waals surface area contributed by atoms with Gasteiger partial charge in [0, 0.05) is 5.92 Å². The predicted molar refractivity (Wildman–Crippen MR) is 87.8 cm³/mol. The van der Waals surface area contributed by atoms with Gasteiger partial charge in [-0.3, -0.25) is 0 Å². The first-order chi connectivity index (χ1) is 9.86. The van der Waals surface area contributed by atoms with Gasteiger partial charge in [-0.05, 0) is 23.6 Å². The maximum atomic E-state index is 3.98. The summed E-state index contributed by atoms with van der Waals surface area (Å²) in [5, 5.41) is 0. The van der Waals surface area contributed by atoms with E-state index in [2.05, 4.69) is 79.4 Å². The molecule has 0 N–H and O–H groups in total. The van der Waals surface area contributed by atoms with Crippen LogP contribution in [-0.4, -0.2) is 0 Å². The highest BCUT2D eigenvalue weighted by molar-refractivity contribution is 5.45. The first-order valence-electron chi connectivity index (χ1n) is 6.92. The maximum absolute atomic E-state index is 3.98. The zero-order chi connectivity index (χ0) is 14.2. The van der Waals surface area contributed by atoms with Gasteiger partial charge in [0.05, 0.1) is 0 Å².